The molecular formula is C14H18N4O4S2. The molecule has 130 valence electrons. The molecule has 1 saturated heterocycles. The Morgan fingerprint density at radius 1 is 1.46 bits per heavy atom. The van der Waals surface area contributed by atoms with Crippen LogP contribution in [0.4, 0.5) is 5.69 Å². The van der Waals surface area contributed by atoms with Gasteiger partial charge in [-0.15, -0.1) is 0 Å². The van der Waals surface area contributed by atoms with E-state index in [1.165, 1.54) is 35.3 Å². The van der Waals surface area contributed by atoms with Crippen LogP contribution in [-0.4, -0.2) is 57.6 Å². The predicted octanol–water partition coefficient (Wildman–Crippen LogP) is 1.14. The van der Waals surface area contributed by atoms with Crippen molar-refractivity contribution < 1.29 is 17.9 Å². The second-order valence-electron chi connectivity index (χ2n) is 4.71. The Morgan fingerprint density at radius 2 is 2.17 bits per heavy atom. The maximum atomic E-state index is 12.7. The fraction of sp³-hybridized carbons (Fsp3) is 0.429. The molecule has 1 aliphatic heterocycles. The Kier molecular flexibility index (Phi) is 6.44. The van der Waals surface area contributed by atoms with Crippen molar-refractivity contribution in [2.75, 3.05) is 39.7 Å². The largest absolute Gasteiger partial charge is 0.494 e. The lowest BCUT2D eigenvalue weighted by atomic mass is 10.3. The standard InChI is InChI=1S/C14H18N4O4S2/c1-21-13-4-3-11(9-12(13)17-14(23-2)16-10-15)24(19,20)18-5-7-22-8-6-18/h3-4,9H,5-8H2,1-2H3,(H,16,17). The molecule has 8 nitrogen and oxygen atoms in total. The van der Waals surface area contributed by atoms with Crippen molar-refractivity contribution in [3.8, 4) is 11.9 Å². The molecule has 0 aromatic heterocycles. The average molecular weight is 370 g/mol. The third kappa shape index (κ3) is 4.18. The smallest absolute Gasteiger partial charge is 0.243 e. The molecule has 0 spiro atoms. The van der Waals surface area contributed by atoms with E-state index < -0.39 is 10.0 Å². The van der Waals surface area contributed by atoms with Crippen LogP contribution in [-0.2, 0) is 14.8 Å². The van der Waals surface area contributed by atoms with Crippen molar-refractivity contribution >= 4 is 32.6 Å². The van der Waals surface area contributed by atoms with Gasteiger partial charge in [0.1, 0.15) is 11.4 Å². The summed E-state index contributed by atoms with van der Waals surface area (Å²) in [5, 5.41) is 11.5. The van der Waals surface area contributed by atoms with E-state index in [1.807, 2.05) is 0 Å². The van der Waals surface area contributed by atoms with Gasteiger partial charge in [-0.25, -0.2) is 13.4 Å². The van der Waals surface area contributed by atoms with Gasteiger partial charge in [0.25, 0.3) is 0 Å². The topological polar surface area (TPSA) is 104 Å². The van der Waals surface area contributed by atoms with Gasteiger partial charge < -0.3 is 9.47 Å². The fourth-order valence-electron chi connectivity index (χ4n) is 2.14. The van der Waals surface area contributed by atoms with Crippen LogP contribution in [0.3, 0.4) is 0 Å². The number of sulfonamides is 1. The van der Waals surface area contributed by atoms with Crippen molar-refractivity contribution in [1.29, 1.82) is 5.26 Å². The summed E-state index contributed by atoms with van der Waals surface area (Å²) in [5.41, 5.74) is 0.332. The third-order valence-electron chi connectivity index (χ3n) is 3.34. The summed E-state index contributed by atoms with van der Waals surface area (Å²) in [7, 11) is -2.15. The Labute approximate surface area is 145 Å². The van der Waals surface area contributed by atoms with Gasteiger partial charge in [-0.2, -0.15) is 9.57 Å². The van der Waals surface area contributed by atoms with Crippen LogP contribution in [0.5, 0.6) is 5.75 Å². The normalized spacial score (nSPS) is 16.5. The minimum absolute atomic E-state index is 0.126. The first-order chi connectivity index (χ1) is 11.5. The molecule has 1 aliphatic rings. The van der Waals surface area contributed by atoms with Crippen LogP contribution < -0.4 is 10.1 Å². The molecule has 0 saturated carbocycles. The number of methoxy groups -OCH3 is 1. The van der Waals surface area contributed by atoms with E-state index in [1.54, 1.807) is 18.5 Å². The molecule has 0 unspecified atom stereocenters. The van der Waals surface area contributed by atoms with Gasteiger partial charge in [0, 0.05) is 13.1 Å². The predicted molar refractivity (Wildman–Crippen MR) is 91.9 cm³/mol. The zero-order valence-electron chi connectivity index (χ0n) is 13.4. The van der Waals surface area contributed by atoms with Crippen molar-refractivity contribution in [2.45, 2.75) is 4.90 Å². The molecule has 1 N–H and O–H groups in total. The van der Waals surface area contributed by atoms with Crippen LogP contribution in [0.1, 0.15) is 0 Å². The van der Waals surface area contributed by atoms with E-state index in [2.05, 4.69) is 10.3 Å². The molecule has 2 rings (SSSR count). The maximum absolute atomic E-state index is 12.7. The molecule has 1 aromatic carbocycles. The molecule has 1 heterocycles. The molecule has 0 bridgehead atoms. The molecule has 1 aromatic rings. The van der Waals surface area contributed by atoms with Crippen LogP contribution in [0.15, 0.2) is 28.1 Å². The van der Waals surface area contributed by atoms with Gasteiger partial charge in [0.05, 0.1) is 25.2 Å². The van der Waals surface area contributed by atoms with E-state index in [0.717, 1.165) is 0 Å². The van der Waals surface area contributed by atoms with E-state index in [9.17, 15) is 8.42 Å². The van der Waals surface area contributed by atoms with Crippen molar-refractivity contribution in [1.82, 2.24) is 9.62 Å². The molecule has 24 heavy (non-hydrogen) atoms. The second-order valence-corrected chi connectivity index (χ2v) is 7.44. The SMILES string of the molecule is COc1ccc(S(=O)(=O)N2CCOCC2)cc1N=C(NC#N)SC. The monoisotopic (exact) mass is 370 g/mol. The summed E-state index contributed by atoms with van der Waals surface area (Å²) >= 11 is 1.23. The van der Waals surface area contributed by atoms with Gasteiger partial charge >= 0.3 is 0 Å². The highest BCUT2D eigenvalue weighted by Crippen LogP contribution is 2.32. The van der Waals surface area contributed by atoms with Gasteiger partial charge in [0.15, 0.2) is 11.4 Å². The Hall–Kier alpha value is -1.80. The molecule has 0 aliphatic carbocycles. The van der Waals surface area contributed by atoms with Gasteiger partial charge in [-0.05, 0) is 24.5 Å². The molecule has 0 radical (unpaired) electrons. The highest BCUT2D eigenvalue weighted by molar-refractivity contribution is 8.13. The molecule has 0 atom stereocenters. The number of nitrogens with zero attached hydrogens (tertiary/aromatic N) is 3. The number of thioether (sulfide) groups is 1. The second kappa shape index (κ2) is 8.34. The zero-order valence-corrected chi connectivity index (χ0v) is 15.0. The highest BCUT2D eigenvalue weighted by atomic mass is 32.2. The van der Waals surface area contributed by atoms with Crippen LogP contribution in [0, 0.1) is 11.5 Å². The quantitative estimate of drug-likeness (QED) is 0.367. The van der Waals surface area contributed by atoms with Crippen molar-refractivity contribution in [2.24, 2.45) is 4.99 Å². The zero-order chi connectivity index (χ0) is 17.6. The minimum atomic E-state index is -3.63. The van der Waals surface area contributed by atoms with Gasteiger partial charge in [-0.1, -0.05) is 11.8 Å². The number of aliphatic imine (C=N–C) groups is 1. The van der Waals surface area contributed by atoms with Crippen molar-refractivity contribution in [3.05, 3.63) is 18.2 Å². The summed E-state index contributed by atoms with van der Waals surface area (Å²) in [6.45, 7) is 1.39. The summed E-state index contributed by atoms with van der Waals surface area (Å²) in [5.74, 6) is 0.419. The van der Waals surface area contributed by atoms with Gasteiger partial charge in [0.2, 0.25) is 10.0 Å². The number of rotatable bonds is 4. The Bertz CT molecular complexity index is 753. The van der Waals surface area contributed by atoms with Crippen LogP contribution >= 0.6 is 11.8 Å². The first kappa shape index (κ1) is 18.5. The first-order valence-electron chi connectivity index (χ1n) is 7.06. The lowest BCUT2D eigenvalue weighted by molar-refractivity contribution is 0.0730. The number of hydrogen-bond acceptors (Lipinski definition) is 7. The number of amidine groups is 1. The molecular weight excluding hydrogens is 352 g/mol. The lowest BCUT2D eigenvalue weighted by Crippen LogP contribution is -2.40. The van der Waals surface area contributed by atoms with E-state index in [-0.39, 0.29) is 4.90 Å². The Balaban J connectivity index is 2.42. The summed E-state index contributed by atoms with van der Waals surface area (Å²) in [6, 6.07) is 4.48. The van der Waals surface area contributed by atoms with Gasteiger partial charge in [-0.3, -0.25) is 5.32 Å². The molecule has 10 heteroatoms. The summed E-state index contributed by atoms with van der Waals surface area (Å²) in [6.07, 6.45) is 3.54. The third-order valence-corrected chi connectivity index (χ3v) is 5.81. The number of nitrogens with one attached hydrogen (secondary N) is 1. The van der Waals surface area contributed by atoms with Crippen LogP contribution in [0.2, 0.25) is 0 Å². The summed E-state index contributed by atoms with van der Waals surface area (Å²) in [4.78, 5) is 4.40. The summed E-state index contributed by atoms with van der Waals surface area (Å²) < 4.78 is 37.3. The number of morpholine rings is 1. The number of nitriles is 1. The Morgan fingerprint density at radius 3 is 2.75 bits per heavy atom. The first-order valence-corrected chi connectivity index (χ1v) is 9.73. The van der Waals surface area contributed by atoms with E-state index in [0.29, 0.717) is 42.9 Å². The molecule has 1 fully saturated rings. The number of hydrogen-bond donors (Lipinski definition) is 1. The highest BCUT2D eigenvalue weighted by Gasteiger charge is 2.27. The minimum Gasteiger partial charge on any atom is -0.494 e. The van der Waals surface area contributed by atoms with Crippen molar-refractivity contribution in [3.63, 3.8) is 0 Å². The van der Waals surface area contributed by atoms with E-state index in [4.69, 9.17) is 14.7 Å². The fourth-order valence-corrected chi connectivity index (χ4v) is 3.90. The average Bonchev–Trinajstić information content (AvgIpc) is 2.62. The lowest BCUT2D eigenvalue weighted by Gasteiger charge is -2.26. The number of ether oxygens (including phenoxy) is 2. The maximum Gasteiger partial charge on any atom is 0.243 e. The number of benzene rings is 1. The van der Waals surface area contributed by atoms with E-state index >= 15 is 0 Å². The molecule has 0 amide bonds. The van der Waals surface area contributed by atoms with Crippen LogP contribution in [0.25, 0.3) is 0 Å².